The number of aryl methyl sites for hydroxylation is 2. The number of rotatable bonds is 7. The summed E-state index contributed by atoms with van der Waals surface area (Å²) in [6.45, 7) is 1.16. The maximum atomic E-state index is 12.9. The monoisotopic (exact) mass is 395 g/mol. The van der Waals surface area contributed by atoms with Gasteiger partial charge in [-0.2, -0.15) is 5.10 Å². The molecule has 0 saturated carbocycles. The molecule has 3 rings (SSSR count). The number of carbonyl (C=O) groups excluding carboxylic acids is 2. The van der Waals surface area contributed by atoms with Crippen molar-refractivity contribution in [3.8, 4) is 0 Å². The minimum Gasteiger partial charge on any atom is -0.337 e. The summed E-state index contributed by atoms with van der Waals surface area (Å²) in [5, 5.41) is 11.0. The molecule has 28 heavy (non-hydrogen) atoms. The molecule has 0 bridgehead atoms. The van der Waals surface area contributed by atoms with Crippen molar-refractivity contribution >= 4 is 17.6 Å². The molecule has 3 heterocycles. The molecule has 1 aliphatic rings. The van der Waals surface area contributed by atoms with E-state index in [0.29, 0.717) is 18.8 Å². The third-order valence-electron chi connectivity index (χ3n) is 4.71. The number of carbonyl (C=O) groups is 2. The van der Waals surface area contributed by atoms with Crippen LogP contribution in [0.2, 0.25) is 0 Å². The smallest absolute Gasteiger partial charge is 0.291 e. The lowest BCUT2D eigenvalue weighted by atomic mass is 10.1. The number of likely N-dealkylation sites (N-methyl/N-ethyl adjacent to an activating group) is 1. The first kappa shape index (κ1) is 19.9. The molecule has 9 nitrogen and oxygen atoms in total. The molecule has 1 aliphatic heterocycles. The van der Waals surface area contributed by atoms with Gasteiger partial charge in [-0.1, -0.05) is 0 Å². The van der Waals surface area contributed by atoms with Crippen molar-refractivity contribution in [3.63, 3.8) is 0 Å². The van der Waals surface area contributed by atoms with E-state index >= 15 is 0 Å². The largest absolute Gasteiger partial charge is 0.337 e. The van der Waals surface area contributed by atoms with Gasteiger partial charge >= 0.3 is 0 Å². The van der Waals surface area contributed by atoms with E-state index in [4.69, 9.17) is 0 Å². The fraction of sp³-hybridized carbons (Fsp3) is 0.588. The summed E-state index contributed by atoms with van der Waals surface area (Å²) in [6.07, 6.45) is 1.76. The van der Waals surface area contributed by atoms with Crippen molar-refractivity contribution in [2.45, 2.75) is 38.9 Å². The highest BCUT2D eigenvalue weighted by molar-refractivity contribution is 6.00. The number of hydrogen-bond acceptors (Lipinski definition) is 5. The SMILES string of the molecule is Cc1cc2n(n1)CC[C@H](NC(=O)c1ncn(CC(CF)CCF)n1)C(=O)N2C. The van der Waals surface area contributed by atoms with Crippen LogP contribution < -0.4 is 10.2 Å². The van der Waals surface area contributed by atoms with E-state index in [1.807, 2.05) is 13.0 Å². The first-order valence-electron chi connectivity index (χ1n) is 9.07. The Labute approximate surface area is 160 Å². The quantitative estimate of drug-likeness (QED) is 0.751. The minimum absolute atomic E-state index is 0.0785. The summed E-state index contributed by atoms with van der Waals surface area (Å²) in [5.41, 5.74) is 0.811. The molecule has 2 aromatic heterocycles. The number of halogens is 2. The molecule has 0 aromatic carbocycles. The van der Waals surface area contributed by atoms with Gasteiger partial charge in [-0.15, -0.1) is 5.10 Å². The van der Waals surface area contributed by atoms with Crippen molar-refractivity contribution in [1.29, 1.82) is 0 Å². The number of alkyl halides is 2. The van der Waals surface area contributed by atoms with E-state index in [1.165, 1.54) is 15.9 Å². The summed E-state index contributed by atoms with van der Waals surface area (Å²) in [7, 11) is 1.63. The number of nitrogens with one attached hydrogen (secondary N) is 1. The van der Waals surface area contributed by atoms with E-state index in [0.717, 1.165) is 5.69 Å². The van der Waals surface area contributed by atoms with Crippen LogP contribution >= 0.6 is 0 Å². The molecule has 2 amide bonds. The number of amides is 2. The highest BCUT2D eigenvalue weighted by Crippen LogP contribution is 2.20. The first-order valence-corrected chi connectivity index (χ1v) is 9.07. The molecule has 152 valence electrons. The summed E-state index contributed by atoms with van der Waals surface area (Å²) in [4.78, 5) is 30.5. The van der Waals surface area contributed by atoms with Gasteiger partial charge in [-0.25, -0.2) is 9.67 Å². The second kappa shape index (κ2) is 8.44. The Bertz CT molecular complexity index is 850. The second-order valence-electron chi connectivity index (χ2n) is 6.87. The Morgan fingerprint density at radius 2 is 2.18 bits per heavy atom. The number of nitrogens with zero attached hydrogens (tertiary/aromatic N) is 6. The predicted octanol–water partition coefficient (Wildman–Crippen LogP) is 0.893. The molecule has 0 saturated heterocycles. The van der Waals surface area contributed by atoms with Gasteiger partial charge in [-0.3, -0.25) is 28.0 Å². The topological polar surface area (TPSA) is 97.9 Å². The Morgan fingerprint density at radius 3 is 2.89 bits per heavy atom. The molecular formula is C17H23F2N7O2. The number of anilines is 1. The lowest BCUT2D eigenvalue weighted by Gasteiger charge is -2.19. The minimum atomic E-state index is -0.739. The molecule has 0 fully saturated rings. The first-order chi connectivity index (χ1) is 13.4. The zero-order chi connectivity index (χ0) is 20.3. The average Bonchev–Trinajstić information content (AvgIpc) is 3.27. The summed E-state index contributed by atoms with van der Waals surface area (Å²) in [5.74, 6) is -0.821. The van der Waals surface area contributed by atoms with Gasteiger partial charge in [0.1, 0.15) is 18.2 Å². The van der Waals surface area contributed by atoms with Gasteiger partial charge in [0.15, 0.2) is 0 Å². The summed E-state index contributed by atoms with van der Waals surface area (Å²) < 4.78 is 28.3. The highest BCUT2D eigenvalue weighted by Gasteiger charge is 2.31. The Hall–Kier alpha value is -2.85. The van der Waals surface area contributed by atoms with Crippen LogP contribution in [0.5, 0.6) is 0 Å². The highest BCUT2D eigenvalue weighted by atomic mass is 19.1. The summed E-state index contributed by atoms with van der Waals surface area (Å²) in [6, 6.07) is 1.07. The number of hydrogen-bond donors (Lipinski definition) is 1. The lowest BCUT2D eigenvalue weighted by Crippen LogP contribution is -2.47. The fourth-order valence-electron chi connectivity index (χ4n) is 3.17. The standard InChI is InChI=1S/C17H23F2N7O2/c1-11-7-14-24(2)17(28)13(4-6-26(14)22-11)21-16(27)15-20-10-25(23-15)9-12(8-19)3-5-18/h7,10,12-13H,3-6,8-9H2,1-2H3,(H,21,27)/t12?,13-/m0/s1. The van der Waals surface area contributed by atoms with Crippen LogP contribution in [0.25, 0.3) is 0 Å². The van der Waals surface area contributed by atoms with E-state index in [9.17, 15) is 18.4 Å². The molecule has 0 radical (unpaired) electrons. The van der Waals surface area contributed by atoms with Gasteiger partial charge in [-0.05, 0) is 19.8 Å². The average molecular weight is 395 g/mol. The van der Waals surface area contributed by atoms with Crippen LogP contribution in [0, 0.1) is 12.8 Å². The van der Waals surface area contributed by atoms with Crippen molar-refractivity contribution in [2.75, 3.05) is 25.3 Å². The van der Waals surface area contributed by atoms with Crippen molar-refractivity contribution in [1.82, 2.24) is 29.9 Å². The summed E-state index contributed by atoms with van der Waals surface area (Å²) >= 11 is 0. The van der Waals surface area contributed by atoms with Gasteiger partial charge in [0.2, 0.25) is 5.82 Å². The van der Waals surface area contributed by atoms with Gasteiger partial charge in [0.25, 0.3) is 11.8 Å². The molecule has 2 aromatic rings. The third-order valence-corrected chi connectivity index (χ3v) is 4.71. The molecule has 0 aliphatic carbocycles. The Kier molecular flexibility index (Phi) is 6.00. The maximum Gasteiger partial charge on any atom is 0.291 e. The van der Waals surface area contributed by atoms with Crippen molar-refractivity contribution in [3.05, 3.63) is 23.9 Å². The zero-order valence-electron chi connectivity index (χ0n) is 15.8. The third kappa shape index (κ3) is 4.18. The normalized spacial score (nSPS) is 17.9. The predicted molar refractivity (Wildman–Crippen MR) is 96.3 cm³/mol. The molecular weight excluding hydrogens is 372 g/mol. The fourth-order valence-corrected chi connectivity index (χ4v) is 3.17. The van der Waals surface area contributed by atoms with Gasteiger partial charge < -0.3 is 5.32 Å². The zero-order valence-corrected chi connectivity index (χ0v) is 15.8. The van der Waals surface area contributed by atoms with Crippen molar-refractivity contribution in [2.24, 2.45) is 5.92 Å². The van der Waals surface area contributed by atoms with E-state index in [2.05, 4.69) is 20.5 Å². The van der Waals surface area contributed by atoms with Crippen LogP contribution in [-0.4, -0.2) is 62.8 Å². The molecule has 1 unspecified atom stereocenters. The van der Waals surface area contributed by atoms with Crippen LogP contribution in [0.15, 0.2) is 12.4 Å². The van der Waals surface area contributed by atoms with E-state index < -0.39 is 31.2 Å². The maximum absolute atomic E-state index is 12.9. The van der Waals surface area contributed by atoms with Crippen molar-refractivity contribution < 1.29 is 18.4 Å². The Balaban J connectivity index is 1.65. The number of fused-ring (bicyclic) bond motifs is 1. The van der Waals surface area contributed by atoms with E-state index in [1.54, 1.807) is 11.7 Å². The lowest BCUT2D eigenvalue weighted by molar-refractivity contribution is -0.120. The molecule has 2 atom stereocenters. The van der Waals surface area contributed by atoms with Crippen LogP contribution in [0.1, 0.15) is 29.2 Å². The number of aromatic nitrogens is 5. The molecule has 1 N–H and O–H groups in total. The van der Waals surface area contributed by atoms with E-state index in [-0.39, 0.29) is 24.7 Å². The van der Waals surface area contributed by atoms with Gasteiger partial charge in [0.05, 0.1) is 19.0 Å². The second-order valence-corrected chi connectivity index (χ2v) is 6.87. The molecule has 0 spiro atoms. The van der Waals surface area contributed by atoms with Crippen LogP contribution in [0.4, 0.5) is 14.6 Å². The van der Waals surface area contributed by atoms with Crippen LogP contribution in [0.3, 0.4) is 0 Å². The van der Waals surface area contributed by atoms with Crippen LogP contribution in [-0.2, 0) is 17.9 Å². The van der Waals surface area contributed by atoms with Gasteiger partial charge in [0, 0.05) is 32.1 Å². The Morgan fingerprint density at radius 1 is 1.39 bits per heavy atom. The molecule has 11 heteroatoms.